The van der Waals surface area contributed by atoms with Crippen molar-refractivity contribution in [2.24, 2.45) is 0 Å². The Morgan fingerprint density at radius 2 is 2.21 bits per heavy atom. The van der Waals surface area contributed by atoms with Crippen molar-refractivity contribution < 1.29 is 19.4 Å². The predicted octanol–water partition coefficient (Wildman–Crippen LogP) is 2.25. The van der Waals surface area contributed by atoms with Crippen LogP contribution in [-0.2, 0) is 4.79 Å². The van der Waals surface area contributed by atoms with E-state index < -0.39 is 12.0 Å². The van der Waals surface area contributed by atoms with Crippen molar-refractivity contribution in [1.82, 2.24) is 5.32 Å². The summed E-state index contributed by atoms with van der Waals surface area (Å²) in [5.74, 6) is 0.970. The molecular formula is C12H14BrNO4S. The number of rotatable bonds is 4. The zero-order valence-corrected chi connectivity index (χ0v) is 12.9. The summed E-state index contributed by atoms with van der Waals surface area (Å²) >= 11 is 5.00. The minimum atomic E-state index is -0.824. The first kappa shape index (κ1) is 14.5. The van der Waals surface area contributed by atoms with Crippen molar-refractivity contribution in [2.75, 3.05) is 20.0 Å². The topological polar surface area (TPSA) is 67.8 Å². The maximum Gasteiger partial charge on any atom is 0.321 e. The second-order valence-corrected chi connectivity index (χ2v) is 6.00. The average molecular weight is 348 g/mol. The number of methoxy groups -OCH3 is 2. The number of carboxylic acid groups (broad SMARTS) is 1. The van der Waals surface area contributed by atoms with Crippen molar-refractivity contribution in [3.05, 3.63) is 22.2 Å². The molecule has 2 atom stereocenters. The van der Waals surface area contributed by atoms with Crippen LogP contribution in [0.15, 0.2) is 16.6 Å². The molecule has 0 amide bonds. The molecule has 19 heavy (non-hydrogen) atoms. The zero-order chi connectivity index (χ0) is 14.0. The molecule has 0 aliphatic carbocycles. The van der Waals surface area contributed by atoms with E-state index in [0.29, 0.717) is 17.3 Å². The van der Waals surface area contributed by atoms with Crippen LogP contribution in [-0.4, -0.2) is 37.1 Å². The Morgan fingerprint density at radius 1 is 1.47 bits per heavy atom. The minimum absolute atomic E-state index is 0.0581. The Kier molecular flexibility index (Phi) is 4.59. The maximum absolute atomic E-state index is 10.9. The first-order valence-electron chi connectivity index (χ1n) is 5.58. The molecule has 1 fully saturated rings. The number of carbonyl (C=O) groups is 1. The molecule has 1 aliphatic heterocycles. The van der Waals surface area contributed by atoms with E-state index in [1.165, 1.54) is 0 Å². The van der Waals surface area contributed by atoms with Gasteiger partial charge in [0.25, 0.3) is 0 Å². The summed E-state index contributed by atoms with van der Waals surface area (Å²) in [4.78, 5) is 10.9. The smallest absolute Gasteiger partial charge is 0.321 e. The lowest BCUT2D eigenvalue weighted by molar-refractivity contribution is -0.138. The van der Waals surface area contributed by atoms with Gasteiger partial charge in [0, 0.05) is 5.75 Å². The third kappa shape index (κ3) is 2.98. The van der Waals surface area contributed by atoms with Crippen LogP contribution in [0.25, 0.3) is 0 Å². The monoisotopic (exact) mass is 347 g/mol. The second kappa shape index (κ2) is 6.02. The molecule has 0 bridgehead atoms. The fraction of sp³-hybridized carbons (Fsp3) is 0.417. The standard InChI is InChI=1S/C12H14BrNO4S/c1-17-9-4-6(3-7(13)10(9)18-2)11-14-8(5-19-11)12(15)16/h3-4,8,11,14H,5H2,1-2H3,(H,15,16)/t8-,11-/m0/s1. The largest absolute Gasteiger partial charge is 0.493 e. The quantitative estimate of drug-likeness (QED) is 0.870. The number of ether oxygens (including phenoxy) is 2. The van der Waals surface area contributed by atoms with Crippen molar-refractivity contribution in [2.45, 2.75) is 11.4 Å². The van der Waals surface area contributed by atoms with E-state index >= 15 is 0 Å². The zero-order valence-electron chi connectivity index (χ0n) is 10.5. The molecule has 1 aliphatic rings. The summed E-state index contributed by atoms with van der Waals surface area (Å²) in [5, 5.41) is 12.0. The van der Waals surface area contributed by atoms with Gasteiger partial charge in [-0.2, -0.15) is 0 Å². The molecule has 1 heterocycles. The van der Waals surface area contributed by atoms with Crippen LogP contribution in [0.5, 0.6) is 11.5 Å². The van der Waals surface area contributed by atoms with Crippen LogP contribution in [0.1, 0.15) is 10.9 Å². The highest BCUT2D eigenvalue weighted by Gasteiger charge is 2.31. The Labute approximate surface area is 123 Å². The average Bonchev–Trinajstić information content (AvgIpc) is 2.87. The molecule has 2 rings (SSSR count). The maximum atomic E-state index is 10.9. The van der Waals surface area contributed by atoms with Crippen LogP contribution in [0.4, 0.5) is 0 Å². The van der Waals surface area contributed by atoms with Gasteiger partial charge in [0.15, 0.2) is 11.5 Å². The number of benzene rings is 1. The number of nitrogens with one attached hydrogen (secondary N) is 1. The highest BCUT2D eigenvalue weighted by atomic mass is 79.9. The Balaban J connectivity index is 2.27. The number of halogens is 1. The number of hydrogen-bond donors (Lipinski definition) is 2. The van der Waals surface area contributed by atoms with Gasteiger partial charge in [-0.3, -0.25) is 10.1 Å². The molecule has 0 radical (unpaired) electrons. The molecule has 1 aromatic rings. The molecule has 5 nitrogen and oxygen atoms in total. The van der Waals surface area contributed by atoms with E-state index in [2.05, 4.69) is 21.2 Å². The van der Waals surface area contributed by atoms with Crippen molar-refractivity contribution >= 4 is 33.7 Å². The van der Waals surface area contributed by atoms with Crippen molar-refractivity contribution in [3.63, 3.8) is 0 Å². The van der Waals surface area contributed by atoms with Crippen LogP contribution in [0, 0.1) is 0 Å². The van der Waals surface area contributed by atoms with Gasteiger partial charge in [-0.15, -0.1) is 11.8 Å². The third-order valence-corrected chi connectivity index (χ3v) is 4.70. The number of aliphatic carboxylic acids is 1. The molecule has 0 spiro atoms. The lowest BCUT2D eigenvalue weighted by Gasteiger charge is -2.16. The highest BCUT2D eigenvalue weighted by Crippen LogP contribution is 2.41. The SMILES string of the molecule is COc1cc([C@H]2N[C@H](C(=O)O)CS2)cc(Br)c1OC. The van der Waals surface area contributed by atoms with Gasteiger partial charge in [-0.05, 0) is 33.6 Å². The first-order valence-corrected chi connectivity index (χ1v) is 7.43. The predicted molar refractivity (Wildman–Crippen MR) is 77.0 cm³/mol. The van der Waals surface area contributed by atoms with Gasteiger partial charge in [0.2, 0.25) is 0 Å². The van der Waals surface area contributed by atoms with Gasteiger partial charge in [-0.25, -0.2) is 0 Å². The van der Waals surface area contributed by atoms with Gasteiger partial charge in [0.1, 0.15) is 6.04 Å². The normalized spacial score (nSPS) is 22.3. The summed E-state index contributed by atoms with van der Waals surface area (Å²) < 4.78 is 11.3. The van der Waals surface area contributed by atoms with Gasteiger partial charge < -0.3 is 14.6 Å². The molecule has 0 saturated carbocycles. The Bertz CT molecular complexity index is 497. The lowest BCUT2D eigenvalue weighted by Crippen LogP contribution is -2.33. The van der Waals surface area contributed by atoms with E-state index in [0.717, 1.165) is 10.0 Å². The van der Waals surface area contributed by atoms with Crippen LogP contribution in [0.2, 0.25) is 0 Å². The highest BCUT2D eigenvalue weighted by molar-refractivity contribution is 9.10. The third-order valence-electron chi connectivity index (χ3n) is 2.84. The summed E-state index contributed by atoms with van der Waals surface area (Å²) in [7, 11) is 3.15. The fourth-order valence-corrected chi connectivity index (χ4v) is 3.73. The second-order valence-electron chi connectivity index (χ2n) is 4.01. The number of thioether (sulfide) groups is 1. The molecule has 1 saturated heterocycles. The van der Waals surface area contributed by atoms with E-state index in [9.17, 15) is 4.79 Å². The minimum Gasteiger partial charge on any atom is -0.493 e. The molecule has 0 aromatic heterocycles. The molecule has 0 unspecified atom stereocenters. The lowest BCUT2D eigenvalue weighted by atomic mass is 10.2. The number of hydrogen-bond acceptors (Lipinski definition) is 5. The Hall–Kier alpha value is -0.920. The van der Waals surface area contributed by atoms with Crippen LogP contribution < -0.4 is 14.8 Å². The van der Waals surface area contributed by atoms with Crippen molar-refractivity contribution in [3.8, 4) is 11.5 Å². The molecular weight excluding hydrogens is 334 g/mol. The first-order chi connectivity index (χ1) is 9.06. The summed E-state index contributed by atoms with van der Waals surface area (Å²) in [6.07, 6.45) is 0. The van der Waals surface area contributed by atoms with E-state index in [1.807, 2.05) is 12.1 Å². The van der Waals surface area contributed by atoms with E-state index in [1.54, 1.807) is 26.0 Å². The van der Waals surface area contributed by atoms with Gasteiger partial charge >= 0.3 is 5.97 Å². The molecule has 1 aromatic carbocycles. The molecule has 7 heteroatoms. The van der Waals surface area contributed by atoms with Crippen molar-refractivity contribution in [1.29, 1.82) is 0 Å². The molecule has 2 N–H and O–H groups in total. The molecule has 104 valence electrons. The van der Waals surface area contributed by atoms with E-state index in [-0.39, 0.29) is 5.37 Å². The number of carboxylic acids is 1. The van der Waals surface area contributed by atoms with Gasteiger partial charge in [0.05, 0.1) is 24.1 Å². The van der Waals surface area contributed by atoms with Gasteiger partial charge in [-0.1, -0.05) is 0 Å². The van der Waals surface area contributed by atoms with Crippen LogP contribution in [0.3, 0.4) is 0 Å². The Morgan fingerprint density at radius 3 is 2.74 bits per heavy atom. The summed E-state index contributed by atoms with van der Waals surface area (Å²) in [5.41, 5.74) is 0.957. The van der Waals surface area contributed by atoms with E-state index in [4.69, 9.17) is 14.6 Å². The summed E-state index contributed by atoms with van der Waals surface area (Å²) in [6, 6.07) is 3.26. The summed E-state index contributed by atoms with van der Waals surface area (Å²) in [6.45, 7) is 0. The fourth-order valence-electron chi connectivity index (χ4n) is 1.90. The van der Waals surface area contributed by atoms with Crippen LogP contribution >= 0.6 is 27.7 Å².